The van der Waals surface area contributed by atoms with E-state index in [9.17, 15) is 4.79 Å². The van der Waals surface area contributed by atoms with Gasteiger partial charge in [0.2, 0.25) is 5.89 Å². The first kappa shape index (κ1) is 15.9. The summed E-state index contributed by atoms with van der Waals surface area (Å²) >= 11 is 3.85. The summed E-state index contributed by atoms with van der Waals surface area (Å²) in [6.07, 6.45) is 0. The summed E-state index contributed by atoms with van der Waals surface area (Å²) in [5.41, 5.74) is 0. The molecule has 2 heterocycles. The van der Waals surface area contributed by atoms with Crippen LogP contribution < -0.4 is 0 Å². The molecule has 1 saturated heterocycles. The lowest BCUT2D eigenvalue weighted by molar-refractivity contribution is -0.119. The van der Waals surface area contributed by atoms with E-state index >= 15 is 0 Å². The molecule has 1 fully saturated rings. The molecule has 0 aliphatic carbocycles. The number of carbonyl (C=O) groups is 1. The molecular weight excluding hydrogens is 292 g/mol. The Hall–Kier alpha value is -0.490. The average Bonchev–Trinajstić information content (AvgIpc) is 2.81. The van der Waals surface area contributed by atoms with Crippen molar-refractivity contribution in [3.05, 3.63) is 11.7 Å². The number of thioether (sulfide) groups is 2. The number of ketones is 1. The van der Waals surface area contributed by atoms with Gasteiger partial charge in [0.1, 0.15) is 5.78 Å². The van der Waals surface area contributed by atoms with Crippen LogP contribution in [0.1, 0.15) is 57.5 Å². The summed E-state index contributed by atoms with van der Waals surface area (Å²) in [6, 6.07) is 0. The Bertz CT molecular complexity index is 475. The average molecular weight is 314 g/mol. The maximum Gasteiger partial charge on any atom is 0.237 e. The maximum atomic E-state index is 11.7. The predicted octanol–water partition coefficient (Wildman–Crippen LogP) is 3.70. The summed E-state index contributed by atoms with van der Waals surface area (Å²) in [5, 5.41) is 5.61. The molecule has 1 aliphatic heterocycles. The van der Waals surface area contributed by atoms with E-state index in [2.05, 4.69) is 24.0 Å². The molecule has 0 spiro atoms. The van der Waals surface area contributed by atoms with Crippen LogP contribution in [0.4, 0.5) is 0 Å². The molecule has 1 aliphatic rings. The van der Waals surface area contributed by atoms with Crippen molar-refractivity contribution in [1.82, 2.24) is 10.1 Å². The fourth-order valence-electron chi connectivity index (χ4n) is 2.35. The van der Waals surface area contributed by atoms with E-state index in [4.69, 9.17) is 4.52 Å². The Morgan fingerprint density at radius 2 is 2.05 bits per heavy atom. The summed E-state index contributed by atoms with van der Waals surface area (Å²) in [5.74, 6) is 2.19. The van der Waals surface area contributed by atoms with E-state index in [0.29, 0.717) is 16.4 Å². The van der Waals surface area contributed by atoms with Crippen LogP contribution in [0.3, 0.4) is 0 Å². The number of rotatable bonds is 4. The second-order valence-electron chi connectivity index (χ2n) is 5.69. The van der Waals surface area contributed by atoms with Gasteiger partial charge >= 0.3 is 0 Å². The molecule has 0 N–H and O–H groups in total. The van der Waals surface area contributed by atoms with E-state index < -0.39 is 0 Å². The summed E-state index contributed by atoms with van der Waals surface area (Å²) < 4.78 is 5.36. The number of nitrogens with zero attached hydrogens (tertiary/aromatic N) is 2. The molecule has 4 unspecified atom stereocenters. The minimum Gasteiger partial charge on any atom is -0.339 e. The molecule has 0 bridgehead atoms. The van der Waals surface area contributed by atoms with Gasteiger partial charge in [-0.05, 0) is 12.8 Å². The van der Waals surface area contributed by atoms with E-state index in [1.54, 1.807) is 6.92 Å². The van der Waals surface area contributed by atoms with Crippen molar-refractivity contribution < 1.29 is 9.32 Å². The van der Waals surface area contributed by atoms with Gasteiger partial charge in [-0.15, -0.1) is 11.8 Å². The van der Waals surface area contributed by atoms with Crippen LogP contribution in [0.5, 0.6) is 0 Å². The zero-order valence-electron chi connectivity index (χ0n) is 12.6. The van der Waals surface area contributed by atoms with E-state index in [-0.39, 0.29) is 22.9 Å². The Balaban J connectivity index is 2.14. The smallest absolute Gasteiger partial charge is 0.237 e. The van der Waals surface area contributed by atoms with Crippen molar-refractivity contribution in [1.29, 1.82) is 0 Å². The standard InChI is InChI=1S/C14H22N2O2S2/c1-7(2)12(8(3)17)14-15-13(16-18-14)11-6-19-9(4)10(5)20-11/h7,9-12H,6H2,1-5H3. The van der Waals surface area contributed by atoms with Gasteiger partial charge in [0.15, 0.2) is 5.82 Å². The molecule has 2 rings (SSSR count). The van der Waals surface area contributed by atoms with Gasteiger partial charge < -0.3 is 4.52 Å². The third-order valence-corrected chi connectivity index (χ3v) is 7.05. The van der Waals surface area contributed by atoms with Crippen molar-refractivity contribution >= 4 is 29.3 Å². The molecule has 4 nitrogen and oxygen atoms in total. The van der Waals surface area contributed by atoms with Crippen molar-refractivity contribution in [3.63, 3.8) is 0 Å². The molecule has 0 amide bonds. The molecule has 4 atom stereocenters. The molecule has 1 aromatic heterocycles. The van der Waals surface area contributed by atoms with E-state index in [1.807, 2.05) is 37.4 Å². The Morgan fingerprint density at radius 1 is 1.35 bits per heavy atom. The molecule has 0 radical (unpaired) electrons. The number of hydrogen-bond acceptors (Lipinski definition) is 6. The summed E-state index contributed by atoms with van der Waals surface area (Å²) in [6.45, 7) is 10.1. The molecule has 1 aromatic rings. The lowest BCUT2D eigenvalue weighted by atomic mass is 9.92. The molecule has 6 heteroatoms. The first-order valence-corrected chi connectivity index (χ1v) is 9.00. The second-order valence-corrected chi connectivity index (χ2v) is 8.69. The zero-order valence-corrected chi connectivity index (χ0v) is 14.3. The highest BCUT2D eigenvalue weighted by molar-refractivity contribution is 8.07. The van der Waals surface area contributed by atoms with Gasteiger partial charge in [-0.25, -0.2) is 0 Å². The SMILES string of the molecule is CC(=O)C(c1nc(C2CSC(C)C(C)S2)no1)C(C)C. The molecular formula is C14H22N2O2S2. The minimum atomic E-state index is -0.283. The van der Waals surface area contributed by atoms with Crippen LogP contribution in [0.25, 0.3) is 0 Å². The van der Waals surface area contributed by atoms with Crippen LogP contribution >= 0.6 is 23.5 Å². The number of carbonyl (C=O) groups excluding carboxylic acids is 1. The number of Topliss-reactive ketones (excluding diaryl/α,β-unsaturated/α-hetero) is 1. The van der Waals surface area contributed by atoms with Crippen molar-refractivity contribution in [2.24, 2.45) is 5.92 Å². The van der Waals surface area contributed by atoms with Crippen LogP contribution in [-0.4, -0.2) is 32.2 Å². The zero-order chi connectivity index (χ0) is 14.9. The highest BCUT2D eigenvalue weighted by Crippen LogP contribution is 2.43. The molecule has 20 heavy (non-hydrogen) atoms. The van der Waals surface area contributed by atoms with Crippen molar-refractivity contribution in [2.45, 2.75) is 56.3 Å². The Kier molecular flexibility index (Phi) is 5.18. The largest absolute Gasteiger partial charge is 0.339 e. The van der Waals surface area contributed by atoms with Crippen LogP contribution in [0.2, 0.25) is 0 Å². The van der Waals surface area contributed by atoms with Crippen molar-refractivity contribution in [2.75, 3.05) is 5.75 Å². The van der Waals surface area contributed by atoms with Crippen LogP contribution in [0, 0.1) is 5.92 Å². The van der Waals surface area contributed by atoms with Crippen LogP contribution in [-0.2, 0) is 4.79 Å². The lowest BCUT2D eigenvalue weighted by Gasteiger charge is -2.29. The first-order valence-electron chi connectivity index (χ1n) is 7.01. The monoisotopic (exact) mass is 314 g/mol. The normalized spacial score (nSPS) is 28.6. The third kappa shape index (κ3) is 3.39. The number of aromatic nitrogens is 2. The molecule has 0 aromatic carbocycles. The predicted molar refractivity (Wildman–Crippen MR) is 84.3 cm³/mol. The van der Waals surface area contributed by atoms with Gasteiger partial charge in [-0.1, -0.05) is 32.9 Å². The van der Waals surface area contributed by atoms with Crippen LogP contribution in [0.15, 0.2) is 4.52 Å². The highest BCUT2D eigenvalue weighted by atomic mass is 32.2. The Labute approximate surface area is 128 Å². The van der Waals surface area contributed by atoms with Crippen molar-refractivity contribution in [3.8, 4) is 0 Å². The molecule has 112 valence electrons. The second kappa shape index (κ2) is 6.52. The van der Waals surface area contributed by atoms with E-state index in [0.717, 1.165) is 11.6 Å². The fraction of sp³-hybridized carbons (Fsp3) is 0.786. The summed E-state index contributed by atoms with van der Waals surface area (Å²) in [7, 11) is 0. The molecule has 0 saturated carbocycles. The van der Waals surface area contributed by atoms with Gasteiger partial charge in [-0.3, -0.25) is 4.79 Å². The lowest BCUT2D eigenvalue weighted by Crippen LogP contribution is -2.22. The fourth-order valence-corrected chi connectivity index (χ4v) is 5.19. The van der Waals surface area contributed by atoms with Gasteiger partial charge in [0, 0.05) is 16.3 Å². The van der Waals surface area contributed by atoms with Gasteiger partial charge in [0.25, 0.3) is 0 Å². The first-order chi connectivity index (χ1) is 9.40. The topological polar surface area (TPSA) is 56.0 Å². The van der Waals surface area contributed by atoms with Gasteiger partial charge in [-0.2, -0.15) is 16.7 Å². The van der Waals surface area contributed by atoms with E-state index in [1.165, 1.54) is 0 Å². The Morgan fingerprint density at radius 3 is 2.60 bits per heavy atom. The quantitative estimate of drug-likeness (QED) is 0.844. The number of hydrogen-bond donors (Lipinski definition) is 0. The summed E-state index contributed by atoms with van der Waals surface area (Å²) in [4.78, 5) is 16.2. The third-order valence-electron chi connectivity index (χ3n) is 3.67. The maximum absolute atomic E-state index is 11.7. The van der Waals surface area contributed by atoms with Gasteiger partial charge in [0.05, 0.1) is 11.2 Å². The highest BCUT2D eigenvalue weighted by Gasteiger charge is 2.32. The minimum absolute atomic E-state index is 0.0860.